The van der Waals surface area contributed by atoms with Gasteiger partial charge in [-0.1, -0.05) is 15.9 Å². The fraction of sp³-hybridized carbons (Fsp3) is 0.0714. The molecule has 0 spiro atoms. The number of anilines is 2. The summed E-state index contributed by atoms with van der Waals surface area (Å²) in [4.78, 5) is 15.1. The van der Waals surface area contributed by atoms with Gasteiger partial charge in [-0.05, 0) is 30.3 Å². The number of thiazole rings is 1. The first-order valence-corrected chi connectivity index (χ1v) is 7.74. The molecule has 3 aromatic rings. The van der Waals surface area contributed by atoms with Crippen molar-refractivity contribution in [2.45, 2.75) is 6.54 Å². The van der Waals surface area contributed by atoms with Crippen molar-refractivity contribution >= 4 is 38.9 Å². The van der Waals surface area contributed by atoms with Gasteiger partial charge in [0.15, 0.2) is 0 Å². The highest BCUT2D eigenvalue weighted by molar-refractivity contribution is 9.10. The van der Waals surface area contributed by atoms with E-state index in [9.17, 15) is 0 Å². The third kappa shape index (κ3) is 3.02. The topological polar surface area (TPSA) is 41.9 Å². The summed E-state index contributed by atoms with van der Waals surface area (Å²) in [5, 5.41) is 2.04. The van der Waals surface area contributed by atoms with Gasteiger partial charge in [-0.2, -0.15) is 0 Å². The van der Waals surface area contributed by atoms with Gasteiger partial charge in [0.2, 0.25) is 5.95 Å². The number of benzene rings is 1. The van der Waals surface area contributed by atoms with Crippen molar-refractivity contribution in [1.82, 2.24) is 15.0 Å². The van der Waals surface area contributed by atoms with E-state index >= 15 is 0 Å². The van der Waals surface area contributed by atoms with E-state index in [1.807, 2.05) is 46.1 Å². The van der Waals surface area contributed by atoms with Crippen LogP contribution in [0.25, 0.3) is 0 Å². The molecule has 2 heterocycles. The van der Waals surface area contributed by atoms with Crippen LogP contribution in [-0.2, 0) is 6.54 Å². The zero-order chi connectivity index (χ0) is 13.8. The van der Waals surface area contributed by atoms with E-state index in [0.717, 1.165) is 15.9 Å². The molecule has 6 heteroatoms. The smallest absolute Gasteiger partial charge is 0.230 e. The summed E-state index contributed by atoms with van der Waals surface area (Å²) in [7, 11) is 0. The molecule has 100 valence electrons. The minimum absolute atomic E-state index is 0.648. The summed E-state index contributed by atoms with van der Waals surface area (Å²) in [6.45, 7) is 0.648. The molecule has 1 aromatic carbocycles. The van der Waals surface area contributed by atoms with Crippen molar-refractivity contribution in [1.29, 1.82) is 0 Å². The fourth-order valence-corrected chi connectivity index (χ4v) is 2.62. The molecule has 2 aromatic heterocycles. The van der Waals surface area contributed by atoms with Crippen molar-refractivity contribution in [3.63, 3.8) is 0 Å². The third-order valence-corrected chi connectivity index (χ3v) is 3.90. The lowest BCUT2D eigenvalue weighted by Gasteiger charge is -2.21. The second-order valence-electron chi connectivity index (χ2n) is 4.09. The molecule has 0 saturated carbocycles. The summed E-state index contributed by atoms with van der Waals surface area (Å²) in [5.41, 5.74) is 3.87. The van der Waals surface area contributed by atoms with Crippen LogP contribution < -0.4 is 4.90 Å². The van der Waals surface area contributed by atoms with Gasteiger partial charge in [-0.25, -0.2) is 15.0 Å². The quantitative estimate of drug-likeness (QED) is 0.715. The van der Waals surface area contributed by atoms with Crippen molar-refractivity contribution < 1.29 is 0 Å². The Bertz CT molecular complexity index is 655. The minimum Gasteiger partial charge on any atom is -0.305 e. The van der Waals surface area contributed by atoms with Crippen LogP contribution in [0.4, 0.5) is 11.6 Å². The summed E-state index contributed by atoms with van der Waals surface area (Å²) < 4.78 is 1.05. The molecule has 0 saturated heterocycles. The lowest BCUT2D eigenvalue weighted by Crippen LogP contribution is -2.19. The largest absolute Gasteiger partial charge is 0.305 e. The average Bonchev–Trinajstić information content (AvgIpc) is 3.00. The second-order valence-corrected chi connectivity index (χ2v) is 5.73. The van der Waals surface area contributed by atoms with Gasteiger partial charge in [0.05, 0.1) is 17.7 Å². The monoisotopic (exact) mass is 346 g/mol. The van der Waals surface area contributed by atoms with Crippen molar-refractivity contribution in [3.05, 3.63) is 63.8 Å². The Kier molecular flexibility index (Phi) is 4.03. The van der Waals surface area contributed by atoms with E-state index in [0.29, 0.717) is 12.5 Å². The number of rotatable bonds is 4. The fourth-order valence-electron chi connectivity index (χ4n) is 1.81. The minimum atomic E-state index is 0.648. The predicted octanol–water partition coefficient (Wildman–Crippen LogP) is 4.03. The van der Waals surface area contributed by atoms with Crippen LogP contribution in [0, 0.1) is 0 Å². The molecule has 0 amide bonds. The summed E-state index contributed by atoms with van der Waals surface area (Å²) >= 11 is 5.04. The molecule has 4 nitrogen and oxygen atoms in total. The zero-order valence-electron chi connectivity index (χ0n) is 10.5. The highest BCUT2D eigenvalue weighted by Crippen LogP contribution is 2.25. The molecular formula is C14H11BrN4S. The maximum absolute atomic E-state index is 4.34. The van der Waals surface area contributed by atoms with Gasteiger partial charge in [-0.15, -0.1) is 11.3 Å². The first kappa shape index (κ1) is 13.2. The maximum atomic E-state index is 4.34. The molecule has 0 fully saturated rings. The van der Waals surface area contributed by atoms with Crippen molar-refractivity contribution in [3.8, 4) is 0 Å². The molecular weight excluding hydrogens is 336 g/mol. The molecule has 0 aliphatic rings. The molecule has 0 atom stereocenters. The molecule has 0 bridgehead atoms. The Hall–Kier alpha value is -1.79. The van der Waals surface area contributed by atoms with Gasteiger partial charge in [-0.3, -0.25) is 0 Å². The van der Waals surface area contributed by atoms with Crippen molar-refractivity contribution in [2.75, 3.05) is 4.90 Å². The normalized spacial score (nSPS) is 10.4. The number of nitrogens with zero attached hydrogens (tertiary/aromatic N) is 4. The molecule has 20 heavy (non-hydrogen) atoms. The van der Waals surface area contributed by atoms with Gasteiger partial charge >= 0.3 is 0 Å². The zero-order valence-corrected chi connectivity index (χ0v) is 12.9. The average molecular weight is 347 g/mol. The molecule has 0 aliphatic heterocycles. The van der Waals surface area contributed by atoms with E-state index in [2.05, 4.69) is 30.9 Å². The van der Waals surface area contributed by atoms with Crippen LogP contribution in [0.1, 0.15) is 5.69 Å². The van der Waals surface area contributed by atoms with Crippen molar-refractivity contribution in [2.24, 2.45) is 0 Å². The highest BCUT2D eigenvalue weighted by Gasteiger charge is 2.13. The maximum Gasteiger partial charge on any atom is 0.230 e. The number of hydrogen-bond acceptors (Lipinski definition) is 5. The lowest BCUT2D eigenvalue weighted by atomic mass is 10.3. The Morgan fingerprint density at radius 2 is 1.80 bits per heavy atom. The van der Waals surface area contributed by atoms with E-state index in [1.54, 1.807) is 23.7 Å². The molecule has 0 unspecified atom stereocenters. The lowest BCUT2D eigenvalue weighted by molar-refractivity contribution is 0.888. The van der Waals surface area contributed by atoms with Crippen LogP contribution >= 0.6 is 27.3 Å². The second kappa shape index (κ2) is 6.11. The highest BCUT2D eigenvalue weighted by atomic mass is 79.9. The first-order chi connectivity index (χ1) is 9.83. The number of aromatic nitrogens is 3. The van der Waals surface area contributed by atoms with Crippen LogP contribution in [0.3, 0.4) is 0 Å². The SMILES string of the molecule is Brc1ccc(N(Cc2cscn2)c2ncccn2)cc1. The predicted molar refractivity (Wildman–Crippen MR) is 84.1 cm³/mol. The van der Waals surface area contributed by atoms with Gasteiger partial charge < -0.3 is 4.90 Å². The Balaban J connectivity index is 1.97. The number of halogens is 1. The molecule has 0 N–H and O–H groups in total. The Labute approximate surface area is 129 Å². The molecule has 0 aliphatic carbocycles. The van der Waals surface area contributed by atoms with Crippen LogP contribution in [0.2, 0.25) is 0 Å². The van der Waals surface area contributed by atoms with E-state index in [4.69, 9.17) is 0 Å². The number of hydrogen-bond donors (Lipinski definition) is 0. The third-order valence-electron chi connectivity index (χ3n) is 2.74. The summed E-state index contributed by atoms with van der Waals surface area (Å²) in [5.74, 6) is 0.669. The van der Waals surface area contributed by atoms with Gasteiger partial charge in [0.25, 0.3) is 0 Å². The summed E-state index contributed by atoms with van der Waals surface area (Å²) in [6, 6.07) is 9.89. The Morgan fingerprint density at radius 1 is 1.05 bits per heavy atom. The van der Waals surface area contributed by atoms with Crippen LogP contribution in [0.15, 0.2) is 58.1 Å². The van der Waals surface area contributed by atoms with Crippen LogP contribution in [0.5, 0.6) is 0 Å². The molecule has 0 radical (unpaired) electrons. The summed E-state index contributed by atoms with van der Waals surface area (Å²) in [6.07, 6.45) is 3.49. The van der Waals surface area contributed by atoms with Crippen LogP contribution in [-0.4, -0.2) is 15.0 Å². The van der Waals surface area contributed by atoms with Gasteiger partial charge in [0.1, 0.15) is 0 Å². The Morgan fingerprint density at radius 3 is 2.45 bits per heavy atom. The standard InChI is InChI=1S/C14H11BrN4S/c15-11-2-4-13(5-3-11)19(8-12-9-20-10-18-12)14-16-6-1-7-17-14/h1-7,9-10H,8H2. The van der Waals surface area contributed by atoms with E-state index in [-0.39, 0.29) is 0 Å². The van der Waals surface area contributed by atoms with Gasteiger partial charge in [0, 0.05) is 27.9 Å². The van der Waals surface area contributed by atoms with E-state index in [1.165, 1.54) is 0 Å². The molecule has 3 rings (SSSR count). The van der Waals surface area contributed by atoms with E-state index < -0.39 is 0 Å². The first-order valence-electron chi connectivity index (χ1n) is 6.00.